The normalized spacial score (nSPS) is 15.2. The Hall–Kier alpha value is -6.14. The number of pyridine rings is 2. The zero-order valence-electron chi connectivity index (χ0n) is 44.9. The van der Waals surface area contributed by atoms with Crippen LogP contribution in [-0.4, -0.2) is 138 Å². The number of nitrogens with zero attached hydrogens (tertiary/aromatic N) is 4. The number of carbonyl (C=O) groups is 2. The Morgan fingerprint density at radius 2 is 0.900 bits per heavy atom. The second-order valence-electron chi connectivity index (χ2n) is 19.9. The van der Waals surface area contributed by atoms with Gasteiger partial charge >= 0.3 is 0 Å². The summed E-state index contributed by atoms with van der Waals surface area (Å²) in [5.74, 6) is 1.09. The van der Waals surface area contributed by atoms with Crippen LogP contribution in [0.15, 0.2) is 134 Å². The third-order valence-electron chi connectivity index (χ3n) is 14.1. The van der Waals surface area contributed by atoms with Gasteiger partial charge in [0, 0.05) is 108 Å². The van der Waals surface area contributed by atoms with E-state index in [0.717, 1.165) is 71.2 Å². The number of halogens is 4. The Morgan fingerprint density at radius 3 is 1.30 bits per heavy atom. The molecule has 0 radical (unpaired) electrons. The van der Waals surface area contributed by atoms with E-state index in [0.29, 0.717) is 72.8 Å². The highest BCUT2D eigenvalue weighted by Gasteiger charge is 2.29. The molecule has 18 heteroatoms. The standard InChI is InChI=1S/C62H66Cl4N8O6/c1-73-37-53(51-31-47(63)33-57(65)55(51)39-73)43-9-5-7-41(29-43)45-13-15-59(71-35-45)67-17-21-77-25-27-79-23-19-69-61(75)49-11-3-4-12-50(49)62(76)70-20-24-80-28-26-78-22-18-68-60-16-14-46(36-72-60)42-8-6-10-44(30-42)54-38-74(2)40-56-52(54)32-48(64)34-58(56)66/h3-16,29-36,53-54H,17-28,37-40H2,1-2H3,(H,67,71)(H,68,72)(H,69,75)(H,70,76)/t53-,54-/m0/s1. The number of amides is 2. The van der Waals surface area contributed by atoms with Crippen molar-refractivity contribution in [2.45, 2.75) is 24.9 Å². The highest BCUT2D eigenvalue weighted by Crippen LogP contribution is 2.41. The van der Waals surface area contributed by atoms with Crippen LogP contribution in [0.1, 0.15) is 65.9 Å². The van der Waals surface area contributed by atoms with Gasteiger partial charge in [-0.2, -0.15) is 0 Å². The molecule has 0 unspecified atom stereocenters. The molecule has 2 aliphatic heterocycles. The number of fused-ring (bicyclic) bond motifs is 2. The van der Waals surface area contributed by atoms with Gasteiger partial charge in [0.2, 0.25) is 0 Å². The summed E-state index contributed by atoms with van der Waals surface area (Å²) in [7, 11) is 4.23. The van der Waals surface area contributed by atoms with Gasteiger partial charge < -0.3 is 50.0 Å². The number of carbonyl (C=O) groups excluding carboxylic acids is 2. The number of nitrogens with one attached hydrogen (secondary N) is 4. The summed E-state index contributed by atoms with van der Waals surface area (Å²) in [5, 5.41) is 15.0. The molecule has 418 valence electrons. The van der Waals surface area contributed by atoms with Gasteiger partial charge in [0.1, 0.15) is 11.6 Å². The number of anilines is 2. The first kappa shape index (κ1) is 58.5. The number of aromatic nitrogens is 2. The molecule has 80 heavy (non-hydrogen) atoms. The molecule has 4 heterocycles. The van der Waals surface area contributed by atoms with E-state index in [9.17, 15) is 9.59 Å². The van der Waals surface area contributed by atoms with Gasteiger partial charge in [-0.05, 0) is 119 Å². The van der Waals surface area contributed by atoms with Crippen molar-refractivity contribution in [3.63, 3.8) is 0 Å². The van der Waals surface area contributed by atoms with Gasteiger partial charge in [-0.25, -0.2) is 9.97 Å². The highest BCUT2D eigenvalue weighted by molar-refractivity contribution is 6.35. The van der Waals surface area contributed by atoms with Gasteiger partial charge in [0.25, 0.3) is 11.8 Å². The lowest BCUT2D eigenvalue weighted by molar-refractivity contribution is 0.0517. The highest BCUT2D eigenvalue weighted by atomic mass is 35.5. The molecular formula is C62H66Cl4N8O6. The molecule has 0 saturated carbocycles. The molecule has 9 rings (SSSR count). The zero-order chi connectivity index (χ0) is 55.8. The summed E-state index contributed by atoms with van der Waals surface area (Å²) >= 11 is 26.1. The van der Waals surface area contributed by atoms with E-state index < -0.39 is 0 Å². The fourth-order valence-corrected chi connectivity index (χ4v) is 11.3. The Bertz CT molecular complexity index is 3000. The Balaban J connectivity index is 0.594. The van der Waals surface area contributed by atoms with Crippen molar-refractivity contribution in [2.75, 3.05) is 117 Å². The second kappa shape index (κ2) is 29.0. The molecule has 0 bridgehead atoms. The van der Waals surface area contributed by atoms with Crippen molar-refractivity contribution in [2.24, 2.45) is 0 Å². The smallest absolute Gasteiger partial charge is 0.252 e. The minimum atomic E-state index is -0.364. The van der Waals surface area contributed by atoms with E-state index in [1.54, 1.807) is 24.3 Å². The number of benzene rings is 5. The number of hydrogen-bond acceptors (Lipinski definition) is 12. The molecule has 0 spiro atoms. The third kappa shape index (κ3) is 15.9. The van der Waals surface area contributed by atoms with E-state index in [2.05, 4.69) is 116 Å². The number of rotatable bonds is 26. The van der Waals surface area contributed by atoms with Gasteiger partial charge in [0.05, 0.1) is 64.0 Å². The van der Waals surface area contributed by atoms with Crippen molar-refractivity contribution >= 4 is 69.9 Å². The lowest BCUT2D eigenvalue weighted by Gasteiger charge is -2.33. The lowest BCUT2D eigenvalue weighted by Crippen LogP contribution is -2.32. The maximum atomic E-state index is 13.1. The number of ether oxygens (including phenoxy) is 4. The number of hydrogen-bond donors (Lipinski definition) is 4. The predicted octanol–water partition coefficient (Wildman–Crippen LogP) is 11.3. The average molecular weight is 1160 g/mol. The van der Waals surface area contributed by atoms with Crippen molar-refractivity contribution in [1.29, 1.82) is 0 Å². The van der Waals surface area contributed by atoms with Crippen molar-refractivity contribution < 1.29 is 28.5 Å². The van der Waals surface area contributed by atoms with E-state index in [1.807, 2.05) is 48.8 Å². The zero-order valence-corrected chi connectivity index (χ0v) is 47.9. The van der Waals surface area contributed by atoms with Gasteiger partial charge in [-0.1, -0.05) is 107 Å². The quantitative estimate of drug-likeness (QED) is 0.0382. The van der Waals surface area contributed by atoms with Crippen molar-refractivity contribution in [3.05, 3.63) is 198 Å². The molecule has 2 aromatic heterocycles. The first-order chi connectivity index (χ1) is 39.0. The van der Waals surface area contributed by atoms with E-state index >= 15 is 0 Å². The summed E-state index contributed by atoms with van der Waals surface area (Å²) in [6.45, 7) is 8.05. The molecule has 0 aliphatic carbocycles. The fourth-order valence-electron chi connectivity index (χ4n) is 10.2. The lowest BCUT2D eigenvalue weighted by atomic mass is 9.84. The van der Waals surface area contributed by atoms with Crippen LogP contribution in [0.25, 0.3) is 22.3 Å². The maximum Gasteiger partial charge on any atom is 0.252 e. The molecule has 14 nitrogen and oxygen atoms in total. The average Bonchev–Trinajstić information content (AvgIpc) is 3.67. The monoisotopic (exact) mass is 1160 g/mol. The van der Waals surface area contributed by atoms with Crippen molar-refractivity contribution in [1.82, 2.24) is 30.4 Å². The summed E-state index contributed by atoms with van der Waals surface area (Å²) in [5.41, 5.74) is 11.8. The minimum absolute atomic E-state index is 0.153. The third-order valence-corrected chi connectivity index (χ3v) is 15.2. The summed E-state index contributed by atoms with van der Waals surface area (Å²) in [4.78, 5) is 40.0. The molecule has 5 aromatic carbocycles. The largest absolute Gasteiger partial charge is 0.377 e. The van der Waals surface area contributed by atoms with E-state index in [4.69, 9.17) is 65.4 Å². The SMILES string of the molecule is CN1Cc2c(Cl)cc(Cl)cc2[C@H](c2cccc(-c3ccc(NCCOCCOCCNC(=O)c4ccccc4C(=O)NCCOCCOCCNc4ccc(-c5cccc([C@@H]6CN(C)Cc7c(Cl)cc(Cl)cc76)c5)cn4)nc3)c2)C1. The summed E-state index contributed by atoms with van der Waals surface area (Å²) in [6.07, 6.45) is 3.75. The summed E-state index contributed by atoms with van der Waals surface area (Å²) < 4.78 is 22.8. The molecule has 4 N–H and O–H groups in total. The van der Waals surface area contributed by atoms with Gasteiger partial charge in [0.15, 0.2) is 0 Å². The maximum absolute atomic E-state index is 13.1. The predicted molar refractivity (Wildman–Crippen MR) is 320 cm³/mol. The van der Waals surface area contributed by atoms with Crippen molar-refractivity contribution in [3.8, 4) is 22.3 Å². The van der Waals surface area contributed by atoms with Crippen LogP contribution in [0, 0.1) is 0 Å². The Kier molecular flexibility index (Phi) is 21.2. The van der Waals surface area contributed by atoms with Gasteiger partial charge in [-0.3, -0.25) is 9.59 Å². The topological polar surface area (TPSA) is 151 Å². The van der Waals surface area contributed by atoms with Crippen LogP contribution in [0.2, 0.25) is 20.1 Å². The molecule has 0 fully saturated rings. The molecule has 2 amide bonds. The Morgan fingerprint density at radius 1 is 0.487 bits per heavy atom. The molecule has 2 aliphatic rings. The first-order valence-corrected chi connectivity index (χ1v) is 28.4. The second-order valence-corrected chi connectivity index (χ2v) is 21.6. The van der Waals surface area contributed by atoms with E-state index in [-0.39, 0.29) is 61.1 Å². The molecule has 7 aromatic rings. The summed E-state index contributed by atoms with van der Waals surface area (Å²) in [6, 6.07) is 39.6. The fraction of sp³-hybridized carbons (Fsp3) is 0.323. The molecule has 2 atom stereocenters. The van der Waals surface area contributed by atoms with Crippen LogP contribution in [-0.2, 0) is 32.0 Å². The van der Waals surface area contributed by atoms with Crippen LogP contribution in [0.4, 0.5) is 11.6 Å². The first-order valence-electron chi connectivity index (χ1n) is 26.9. The van der Waals surface area contributed by atoms with Crippen LogP contribution in [0.3, 0.4) is 0 Å². The van der Waals surface area contributed by atoms with Crippen LogP contribution < -0.4 is 21.3 Å². The van der Waals surface area contributed by atoms with E-state index in [1.165, 1.54) is 22.3 Å². The molecule has 0 saturated heterocycles. The minimum Gasteiger partial charge on any atom is -0.377 e. The van der Waals surface area contributed by atoms with Crippen LogP contribution >= 0.6 is 46.4 Å². The van der Waals surface area contributed by atoms with Gasteiger partial charge in [-0.15, -0.1) is 0 Å². The Labute approximate surface area is 488 Å². The molecular weight excluding hydrogens is 1090 g/mol. The number of likely N-dealkylation sites (N-methyl/N-ethyl adjacent to an activating group) is 2. The van der Waals surface area contributed by atoms with Crippen LogP contribution in [0.5, 0.6) is 0 Å².